The highest BCUT2D eigenvalue weighted by Gasteiger charge is 2.30. The minimum absolute atomic E-state index is 0.196. The van der Waals surface area contributed by atoms with Crippen molar-refractivity contribution in [2.75, 3.05) is 20.8 Å². The number of carbonyl (C=O) groups excluding carboxylic acids is 2. The smallest absolute Gasteiger partial charge is 0.374 e. The van der Waals surface area contributed by atoms with Gasteiger partial charge in [0.2, 0.25) is 5.76 Å². The molecule has 1 aliphatic heterocycles. The Morgan fingerprint density at radius 1 is 1.35 bits per heavy atom. The molecule has 1 fully saturated rings. The van der Waals surface area contributed by atoms with Gasteiger partial charge in [0.1, 0.15) is 6.04 Å². The lowest BCUT2D eigenvalue weighted by molar-refractivity contribution is -0.148. The summed E-state index contributed by atoms with van der Waals surface area (Å²) < 4.78 is 14.7. The van der Waals surface area contributed by atoms with Crippen LogP contribution in [0.3, 0.4) is 0 Å². The standard InChI is InChI=1S/C14H19NO5/c1-18-13(16)11-5-3-4-7-15(11)9-10-6-8-20-12(10)14(17)19-2/h6,8,11H,3-5,7,9H2,1-2H3. The molecule has 0 aliphatic carbocycles. The van der Waals surface area contributed by atoms with Gasteiger partial charge in [-0.15, -0.1) is 0 Å². The molecule has 1 unspecified atom stereocenters. The molecule has 1 aliphatic rings. The highest BCUT2D eigenvalue weighted by molar-refractivity contribution is 5.87. The summed E-state index contributed by atoms with van der Waals surface area (Å²) in [5.74, 6) is -0.536. The largest absolute Gasteiger partial charge is 0.468 e. The summed E-state index contributed by atoms with van der Waals surface area (Å²) in [5, 5.41) is 0. The molecule has 0 N–H and O–H groups in total. The van der Waals surface area contributed by atoms with Crippen LogP contribution in [-0.2, 0) is 20.8 Å². The van der Waals surface area contributed by atoms with E-state index in [1.165, 1.54) is 20.5 Å². The highest BCUT2D eigenvalue weighted by atomic mass is 16.5. The summed E-state index contributed by atoms with van der Waals surface area (Å²) >= 11 is 0. The number of likely N-dealkylation sites (tertiary alicyclic amines) is 1. The van der Waals surface area contributed by atoms with Crippen molar-refractivity contribution in [3.63, 3.8) is 0 Å². The predicted octanol–water partition coefficient (Wildman–Crippen LogP) is 1.59. The van der Waals surface area contributed by atoms with Gasteiger partial charge in [0.15, 0.2) is 0 Å². The van der Waals surface area contributed by atoms with Crippen LogP contribution in [0.2, 0.25) is 0 Å². The third-order valence-corrected chi connectivity index (χ3v) is 3.58. The van der Waals surface area contributed by atoms with E-state index in [0.29, 0.717) is 6.54 Å². The first kappa shape index (κ1) is 14.6. The lowest BCUT2D eigenvalue weighted by Crippen LogP contribution is -2.44. The van der Waals surface area contributed by atoms with Crippen LogP contribution in [0.4, 0.5) is 0 Å². The molecule has 0 spiro atoms. The van der Waals surface area contributed by atoms with E-state index in [2.05, 4.69) is 4.74 Å². The van der Waals surface area contributed by atoms with Gasteiger partial charge in [-0.3, -0.25) is 9.69 Å². The third-order valence-electron chi connectivity index (χ3n) is 3.58. The number of esters is 2. The molecular formula is C14H19NO5. The van der Waals surface area contributed by atoms with Crippen LogP contribution in [-0.4, -0.2) is 43.6 Å². The Labute approximate surface area is 117 Å². The second kappa shape index (κ2) is 6.56. The van der Waals surface area contributed by atoms with Crippen molar-refractivity contribution in [1.82, 2.24) is 4.90 Å². The molecule has 1 aromatic heterocycles. The summed E-state index contributed by atoms with van der Waals surface area (Å²) in [6, 6.07) is 1.48. The summed E-state index contributed by atoms with van der Waals surface area (Å²) in [5.41, 5.74) is 0.729. The number of piperidine rings is 1. The zero-order valence-electron chi connectivity index (χ0n) is 11.8. The summed E-state index contributed by atoms with van der Waals surface area (Å²) in [6.45, 7) is 1.27. The molecule has 0 saturated carbocycles. The Morgan fingerprint density at radius 2 is 2.15 bits per heavy atom. The molecule has 2 heterocycles. The Bertz CT molecular complexity index is 482. The number of rotatable bonds is 4. The van der Waals surface area contributed by atoms with E-state index in [4.69, 9.17) is 9.15 Å². The lowest BCUT2D eigenvalue weighted by Gasteiger charge is -2.33. The Hall–Kier alpha value is -1.82. The van der Waals surface area contributed by atoms with Crippen molar-refractivity contribution in [2.24, 2.45) is 0 Å². The van der Waals surface area contributed by atoms with Gasteiger partial charge in [-0.2, -0.15) is 0 Å². The number of hydrogen-bond donors (Lipinski definition) is 0. The van der Waals surface area contributed by atoms with Crippen LogP contribution >= 0.6 is 0 Å². The molecule has 6 nitrogen and oxygen atoms in total. The Balaban J connectivity index is 2.13. The Kier molecular flexibility index (Phi) is 4.79. The van der Waals surface area contributed by atoms with E-state index in [9.17, 15) is 9.59 Å². The van der Waals surface area contributed by atoms with Gasteiger partial charge in [-0.1, -0.05) is 6.42 Å². The molecule has 0 bridgehead atoms. The summed E-state index contributed by atoms with van der Waals surface area (Å²) in [7, 11) is 2.71. The first-order chi connectivity index (χ1) is 9.67. The van der Waals surface area contributed by atoms with E-state index < -0.39 is 5.97 Å². The fraction of sp³-hybridized carbons (Fsp3) is 0.571. The van der Waals surface area contributed by atoms with E-state index in [-0.39, 0.29) is 17.8 Å². The third kappa shape index (κ3) is 3.01. The van der Waals surface area contributed by atoms with Crippen molar-refractivity contribution in [2.45, 2.75) is 31.8 Å². The molecular weight excluding hydrogens is 262 g/mol. The van der Waals surface area contributed by atoms with Crippen molar-refractivity contribution >= 4 is 11.9 Å². The normalized spacial score (nSPS) is 19.6. The molecule has 1 saturated heterocycles. The molecule has 2 rings (SSSR count). The van der Waals surface area contributed by atoms with Gasteiger partial charge >= 0.3 is 11.9 Å². The fourth-order valence-corrected chi connectivity index (χ4v) is 2.53. The topological polar surface area (TPSA) is 69.0 Å². The number of hydrogen-bond acceptors (Lipinski definition) is 6. The summed E-state index contributed by atoms with van der Waals surface area (Å²) in [6.07, 6.45) is 4.27. The van der Waals surface area contributed by atoms with Crippen molar-refractivity contribution < 1.29 is 23.5 Å². The van der Waals surface area contributed by atoms with Gasteiger partial charge in [0, 0.05) is 12.1 Å². The average Bonchev–Trinajstić information content (AvgIpc) is 2.94. The maximum absolute atomic E-state index is 11.8. The van der Waals surface area contributed by atoms with Gasteiger partial charge in [0.25, 0.3) is 0 Å². The van der Waals surface area contributed by atoms with Gasteiger partial charge < -0.3 is 13.9 Å². The van der Waals surface area contributed by atoms with Crippen LogP contribution in [0.1, 0.15) is 35.4 Å². The molecule has 1 atom stereocenters. The van der Waals surface area contributed by atoms with Gasteiger partial charge in [-0.05, 0) is 25.5 Å². The van der Waals surface area contributed by atoms with E-state index in [1.54, 1.807) is 6.07 Å². The minimum Gasteiger partial charge on any atom is -0.468 e. The maximum atomic E-state index is 11.8. The van der Waals surface area contributed by atoms with Crippen molar-refractivity contribution in [3.05, 3.63) is 23.7 Å². The van der Waals surface area contributed by atoms with Crippen LogP contribution in [0.15, 0.2) is 16.7 Å². The molecule has 0 radical (unpaired) electrons. The molecule has 6 heteroatoms. The monoisotopic (exact) mass is 281 g/mol. The number of ether oxygens (including phenoxy) is 2. The molecule has 0 aromatic carbocycles. The minimum atomic E-state index is -0.503. The second-order valence-electron chi connectivity index (χ2n) is 4.77. The second-order valence-corrected chi connectivity index (χ2v) is 4.77. The number of carbonyl (C=O) groups is 2. The predicted molar refractivity (Wildman–Crippen MR) is 70.1 cm³/mol. The van der Waals surface area contributed by atoms with Gasteiger partial charge in [0.05, 0.1) is 20.5 Å². The first-order valence-electron chi connectivity index (χ1n) is 6.64. The SMILES string of the molecule is COC(=O)c1occc1CN1CCCCC1C(=O)OC. The van der Waals surface area contributed by atoms with Gasteiger partial charge in [-0.25, -0.2) is 4.79 Å². The Morgan fingerprint density at radius 3 is 2.85 bits per heavy atom. The fourth-order valence-electron chi connectivity index (χ4n) is 2.53. The average molecular weight is 281 g/mol. The van der Waals surface area contributed by atoms with E-state index in [1.807, 2.05) is 4.90 Å². The summed E-state index contributed by atoms with van der Waals surface area (Å²) in [4.78, 5) is 25.4. The highest BCUT2D eigenvalue weighted by Crippen LogP contribution is 2.22. The van der Waals surface area contributed by atoms with Crippen LogP contribution in [0.25, 0.3) is 0 Å². The number of furan rings is 1. The maximum Gasteiger partial charge on any atom is 0.374 e. The molecule has 0 amide bonds. The lowest BCUT2D eigenvalue weighted by atomic mass is 10.0. The zero-order chi connectivity index (χ0) is 14.5. The van der Waals surface area contributed by atoms with E-state index in [0.717, 1.165) is 31.4 Å². The van der Waals surface area contributed by atoms with Crippen LogP contribution in [0.5, 0.6) is 0 Å². The van der Waals surface area contributed by atoms with E-state index >= 15 is 0 Å². The van der Waals surface area contributed by atoms with Crippen molar-refractivity contribution in [3.8, 4) is 0 Å². The first-order valence-corrected chi connectivity index (χ1v) is 6.64. The molecule has 1 aromatic rings. The molecule has 110 valence electrons. The number of methoxy groups -OCH3 is 2. The quantitative estimate of drug-likeness (QED) is 0.781. The number of nitrogens with zero attached hydrogens (tertiary/aromatic N) is 1. The van der Waals surface area contributed by atoms with Crippen LogP contribution in [0, 0.1) is 0 Å². The molecule has 20 heavy (non-hydrogen) atoms. The van der Waals surface area contributed by atoms with Crippen molar-refractivity contribution in [1.29, 1.82) is 0 Å². The van der Waals surface area contributed by atoms with Crippen LogP contribution < -0.4 is 0 Å². The zero-order valence-corrected chi connectivity index (χ0v) is 11.8.